The van der Waals surface area contributed by atoms with E-state index in [0.717, 1.165) is 0 Å². The number of benzene rings is 1. The zero-order valence-corrected chi connectivity index (χ0v) is 9.31. The predicted octanol–water partition coefficient (Wildman–Crippen LogP) is 3.77. The van der Waals surface area contributed by atoms with Gasteiger partial charge in [-0.15, -0.1) is 0 Å². The van der Waals surface area contributed by atoms with Gasteiger partial charge in [0.1, 0.15) is 0 Å². The molecule has 0 fully saturated rings. The molecule has 1 aromatic heterocycles. The third-order valence-electron chi connectivity index (χ3n) is 2.72. The molecule has 74 valence electrons. The highest BCUT2D eigenvalue weighted by molar-refractivity contribution is 5.83. The van der Waals surface area contributed by atoms with Crippen LogP contribution in [0.1, 0.15) is 31.9 Å². The first-order chi connectivity index (χ1) is 6.48. The lowest BCUT2D eigenvalue weighted by Gasteiger charge is -2.19. The van der Waals surface area contributed by atoms with Crippen molar-refractivity contribution in [2.75, 3.05) is 0 Å². The molecule has 1 aromatic carbocycles. The summed E-state index contributed by atoms with van der Waals surface area (Å²) in [5, 5.41) is 1.31. The summed E-state index contributed by atoms with van der Waals surface area (Å²) in [5.41, 5.74) is 4.23. The Balaban J connectivity index is 2.70. The van der Waals surface area contributed by atoms with E-state index in [1.165, 1.54) is 22.0 Å². The molecule has 0 amide bonds. The van der Waals surface area contributed by atoms with Crippen LogP contribution < -0.4 is 0 Å². The first-order valence-corrected chi connectivity index (χ1v) is 5.07. The van der Waals surface area contributed by atoms with E-state index in [1.807, 2.05) is 6.20 Å². The second-order valence-electron chi connectivity index (χ2n) is 4.99. The molecule has 0 bridgehead atoms. The molecule has 2 rings (SSSR count). The van der Waals surface area contributed by atoms with Gasteiger partial charge in [0, 0.05) is 11.7 Å². The number of rotatable bonds is 0. The molecule has 0 saturated carbocycles. The van der Waals surface area contributed by atoms with Gasteiger partial charge >= 0.3 is 0 Å². The number of H-pyrrole nitrogens is 1. The van der Waals surface area contributed by atoms with Gasteiger partial charge in [-0.25, -0.2) is 0 Å². The van der Waals surface area contributed by atoms with Gasteiger partial charge in [-0.2, -0.15) is 0 Å². The van der Waals surface area contributed by atoms with E-state index in [4.69, 9.17) is 0 Å². The Morgan fingerprint density at radius 3 is 2.50 bits per heavy atom. The van der Waals surface area contributed by atoms with Crippen LogP contribution in [-0.4, -0.2) is 4.98 Å². The quantitative estimate of drug-likeness (QED) is 0.646. The largest absolute Gasteiger partial charge is 0.361 e. The van der Waals surface area contributed by atoms with Crippen LogP contribution in [0.25, 0.3) is 10.9 Å². The Kier molecular flexibility index (Phi) is 1.91. The van der Waals surface area contributed by atoms with Crippen molar-refractivity contribution >= 4 is 10.9 Å². The highest BCUT2D eigenvalue weighted by Gasteiger charge is 2.14. The number of aromatic amines is 1. The molecule has 0 aliphatic carbocycles. The van der Waals surface area contributed by atoms with Crippen LogP contribution in [0.4, 0.5) is 0 Å². The van der Waals surface area contributed by atoms with E-state index in [1.54, 1.807) is 0 Å². The molecule has 14 heavy (non-hydrogen) atoms. The van der Waals surface area contributed by atoms with E-state index in [9.17, 15) is 0 Å². The summed E-state index contributed by atoms with van der Waals surface area (Å²) in [6.07, 6.45) is 2.00. The molecular formula is C13H17N. The minimum absolute atomic E-state index is 0.232. The average molecular weight is 187 g/mol. The van der Waals surface area contributed by atoms with Crippen LogP contribution >= 0.6 is 0 Å². The van der Waals surface area contributed by atoms with Crippen molar-refractivity contribution in [2.45, 2.75) is 33.1 Å². The van der Waals surface area contributed by atoms with Crippen molar-refractivity contribution in [3.8, 4) is 0 Å². The number of nitrogens with one attached hydrogen (secondary N) is 1. The number of hydrogen-bond donors (Lipinski definition) is 1. The van der Waals surface area contributed by atoms with Crippen molar-refractivity contribution in [1.29, 1.82) is 0 Å². The zero-order chi connectivity index (χ0) is 10.3. The smallest absolute Gasteiger partial charge is 0.0483 e. The monoisotopic (exact) mass is 187 g/mol. The summed E-state index contributed by atoms with van der Waals surface area (Å²) in [6, 6.07) is 6.69. The van der Waals surface area contributed by atoms with Crippen LogP contribution in [-0.2, 0) is 5.41 Å². The van der Waals surface area contributed by atoms with Crippen LogP contribution in [0.5, 0.6) is 0 Å². The van der Waals surface area contributed by atoms with E-state index in [0.29, 0.717) is 0 Å². The summed E-state index contributed by atoms with van der Waals surface area (Å²) in [6.45, 7) is 8.91. The van der Waals surface area contributed by atoms with E-state index >= 15 is 0 Å². The lowest BCUT2D eigenvalue weighted by Crippen LogP contribution is -2.11. The maximum absolute atomic E-state index is 3.27. The number of fused-ring (bicyclic) bond motifs is 1. The van der Waals surface area contributed by atoms with E-state index in [2.05, 4.69) is 50.9 Å². The van der Waals surface area contributed by atoms with Gasteiger partial charge in [-0.1, -0.05) is 26.8 Å². The molecule has 2 aromatic rings. The minimum Gasteiger partial charge on any atom is -0.361 e. The van der Waals surface area contributed by atoms with Crippen LogP contribution in [0, 0.1) is 6.92 Å². The molecule has 1 N–H and O–H groups in total. The Hall–Kier alpha value is -1.24. The predicted molar refractivity (Wildman–Crippen MR) is 61.7 cm³/mol. The number of hydrogen-bond acceptors (Lipinski definition) is 0. The van der Waals surface area contributed by atoms with Gasteiger partial charge < -0.3 is 4.98 Å². The number of aryl methyl sites for hydroxylation is 1. The Labute approximate surface area is 85.1 Å². The molecule has 1 nitrogen and oxygen atoms in total. The fourth-order valence-corrected chi connectivity index (χ4v) is 1.79. The van der Waals surface area contributed by atoms with Gasteiger partial charge in [0.25, 0.3) is 0 Å². The topological polar surface area (TPSA) is 15.8 Å². The van der Waals surface area contributed by atoms with Crippen molar-refractivity contribution in [3.63, 3.8) is 0 Å². The van der Waals surface area contributed by atoms with E-state index in [-0.39, 0.29) is 5.41 Å². The zero-order valence-electron chi connectivity index (χ0n) is 9.31. The molecule has 1 heteroatoms. The SMILES string of the molecule is Cc1cc(C(C)(C)C)cc2cc[nH]c12. The maximum Gasteiger partial charge on any atom is 0.0483 e. The molecule has 1 heterocycles. The molecule has 0 atom stereocenters. The summed E-state index contributed by atoms with van der Waals surface area (Å²) in [7, 11) is 0. The lowest BCUT2D eigenvalue weighted by molar-refractivity contribution is 0.590. The molecule has 0 aliphatic rings. The maximum atomic E-state index is 3.27. The first-order valence-electron chi connectivity index (χ1n) is 5.07. The number of aromatic nitrogens is 1. The average Bonchev–Trinajstić information content (AvgIpc) is 2.50. The highest BCUT2D eigenvalue weighted by Crippen LogP contribution is 2.27. The molecule has 0 aliphatic heterocycles. The lowest BCUT2D eigenvalue weighted by atomic mass is 9.85. The third kappa shape index (κ3) is 1.43. The summed E-state index contributed by atoms with van der Waals surface area (Å²) in [5.74, 6) is 0. The standard InChI is InChI=1S/C13H17N/c1-9-7-11(13(2,3)4)8-10-5-6-14-12(9)10/h5-8,14H,1-4H3. The molecule has 0 spiro atoms. The second-order valence-corrected chi connectivity index (χ2v) is 4.99. The van der Waals surface area contributed by atoms with Crippen molar-refractivity contribution in [3.05, 3.63) is 35.5 Å². The molecular weight excluding hydrogens is 170 g/mol. The Morgan fingerprint density at radius 1 is 1.14 bits per heavy atom. The third-order valence-corrected chi connectivity index (χ3v) is 2.72. The minimum atomic E-state index is 0.232. The fourth-order valence-electron chi connectivity index (χ4n) is 1.79. The fraction of sp³-hybridized carbons (Fsp3) is 0.385. The first kappa shape index (κ1) is 9.32. The van der Waals surface area contributed by atoms with Crippen molar-refractivity contribution in [2.24, 2.45) is 0 Å². The Morgan fingerprint density at radius 2 is 1.86 bits per heavy atom. The van der Waals surface area contributed by atoms with Gasteiger partial charge in [0.15, 0.2) is 0 Å². The highest BCUT2D eigenvalue weighted by atomic mass is 14.7. The van der Waals surface area contributed by atoms with Gasteiger partial charge in [-0.3, -0.25) is 0 Å². The van der Waals surface area contributed by atoms with Crippen LogP contribution in [0.3, 0.4) is 0 Å². The van der Waals surface area contributed by atoms with Crippen molar-refractivity contribution in [1.82, 2.24) is 4.98 Å². The molecule has 0 saturated heterocycles. The summed E-state index contributed by atoms with van der Waals surface area (Å²) >= 11 is 0. The van der Waals surface area contributed by atoms with Gasteiger partial charge in [0.05, 0.1) is 0 Å². The Bertz CT molecular complexity index is 458. The normalized spacial score (nSPS) is 12.3. The van der Waals surface area contributed by atoms with Gasteiger partial charge in [0.2, 0.25) is 0 Å². The summed E-state index contributed by atoms with van der Waals surface area (Å²) < 4.78 is 0. The molecule has 0 radical (unpaired) electrons. The second kappa shape index (κ2) is 2.88. The summed E-state index contributed by atoms with van der Waals surface area (Å²) in [4.78, 5) is 3.27. The van der Waals surface area contributed by atoms with Crippen molar-refractivity contribution < 1.29 is 0 Å². The van der Waals surface area contributed by atoms with E-state index < -0.39 is 0 Å². The van der Waals surface area contributed by atoms with Gasteiger partial charge in [-0.05, 0) is 41.0 Å². The van der Waals surface area contributed by atoms with Crippen LogP contribution in [0.2, 0.25) is 0 Å². The van der Waals surface area contributed by atoms with Crippen LogP contribution in [0.15, 0.2) is 24.4 Å². The molecule has 0 unspecified atom stereocenters.